The van der Waals surface area contributed by atoms with Crippen molar-refractivity contribution in [1.29, 1.82) is 0 Å². The van der Waals surface area contributed by atoms with Crippen LogP contribution in [0.4, 0.5) is 0 Å². The summed E-state index contributed by atoms with van der Waals surface area (Å²) in [5, 5.41) is 0.737. The first-order chi connectivity index (χ1) is 7.22. The van der Waals surface area contributed by atoms with Crippen LogP contribution in [-0.2, 0) is 11.3 Å². The van der Waals surface area contributed by atoms with Gasteiger partial charge in [-0.25, -0.2) is 0 Å². The molecule has 82 valence electrons. The van der Waals surface area contributed by atoms with E-state index in [0.717, 1.165) is 21.9 Å². The molecule has 0 saturated heterocycles. The number of halogens is 1. The topological polar surface area (TPSA) is 44.5 Å². The van der Waals surface area contributed by atoms with Crippen molar-refractivity contribution >= 4 is 11.6 Å². The molecule has 1 aliphatic rings. The van der Waals surface area contributed by atoms with Gasteiger partial charge in [-0.2, -0.15) is 0 Å². The summed E-state index contributed by atoms with van der Waals surface area (Å²) in [4.78, 5) is 0. The van der Waals surface area contributed by atoms with Crippen molar-refractivity contribution < 1.29 is 9.47 Å². The third-order valence-electron chi connectivity index (χ3n) is 2.62. The first kappa shape index (κ1) is 10.7. The minimum Gasteiger partial charge on any atom is -0.467 e. The molecule has 1 aromatic carbocycles. The third-order valence-corrected chi connectivity index (χ3v) is 2.95. The second kappa shape index (κ2) is 4.39. The predicted molar refractivity (Wildman–Crippen MR) is 59.2 cm³/mol. The minimum absolute atomic E-state index is 0.245. The van der Waals surface area contributed by atoms with Gasteiger partial charge in [0.15, 0.2) is 6.79 Å². The van der Waals surface area contributed by atoms with Crippen LogP contribution in [0, 0.1) is 0 Å². The Bertz CT molecular complexity index is 368. The van der Waals surface area contributed by atoms with Gasteiger partial charge in [-0.15, -0.1) is 0 Å². The molecule has 0 radical (unpaired) electrons. The lowest BCUT2D eigenvalue weighted by molar-refractivity contribution is -0.0164. The fourth-order valence-electron chi connectivity index (χ4n) is 1.62. The Labute approximate surface area is 94.1 Å². The van der Waals surface area contributed by atoms with E-state index in [1.165, 1.54) is 0 Å². The highest BCUT2D eigenvalue weighted by atomic mass is 35.5. The van der Waals surface area contributed by atoms with E-state index in [2.05, 4.69) is 0 Å². The number of fused-ring (bicyclic) bond motifs is 1. The van der Waals surface area contributed by atoms with Crippen LogP contribution in [0.5, 0.6) is 5.75 Å². The molecule has 1 unspecified atom stereocenters. The average Bonchev–Trinajstić information content (AvgIpc) is 2.27. The lowest BCUT2D eigenvalue weighted by atomic mass is 9.99. The van der Waals surface area contributed by atoms with Crippen LogP contribution in [0.1, 0.15) is 24.0 Å². The highest BCUT2D eigenvalue weighted by molar-refractivity contribution is 6.31. The van der Waals surface area contributed by atoms with Crippen LogP contribution in [0.2, 0.25) is 5.02 Å². The van der Waals surface area contributed by atoms with Crippen LogP contribution in [0.25, 0.3) is 0 Å². The van der Waals surface area contributed by atoms with E-state index < -0.39 is 0 Å². The van der Waals surface area contributed by atoms with Gasteiger partial charge >= 0.3 is 0 Å². The van der Waals surface area contributed by atoms with E-state index in [9.17, 15) is 0 Å². The van der Waals surface area contributed by atoms with E-state index in [0.29, 0.717) is 19.9 Å². The Morgan fingerprint density at radius 3 is 3.07 bits per heavy atom. The standard InChI is InChI=1S/C11H14ClNO2/c1-7(4-13)9-3-11-8(2-10(9)12)5-14-6-15-11/h2-3,7H,4-6,13H2,1H3. The molecule has 15 heavy (non-hydrogen) atoms. The molecule has 0 spiro atoms. The van der Waals surface area contributed by atoms with Crippen molar-refractivity contribution in [2.24, 2.45) is 5.73 Å². The van der Waals surface area contributed by atoms with Gasteiger partial charge in [-0.1, -0.05) is 18.5 Å². The van der Waals surface area contributed by atoms with Crippen LogP contribution in [0.3, 0.4) is 0 Å². The monoisotopic (exact) mass is 227 g/mol. The first-order valence-electron chi connectivity index (χ1n) is 4.95. The van der Waals surface area contributed by atoms with Crippen molar-refractivity contribution in [2.45, 2.75) is 19.4 Å². The summed E-state index contributed by atoms with van der Waals surface area (Å²) in [5.41, 5.74) is 7.67. The van der Waals surface area contributed by atoms with E-state index in [-0.39, 0.29) is 5.92 Å². The van der Waals surface area contributed by atoms with Crippen molar-refractivity contribution in [2.75, 3.05) is 13.3 Å². The molecule has 1 aromatic rings. The SMILES string of the molecule is CC(CN)c1cc2c(cc1Cl)COCO2. The second-order valence-electron chi connectivity index (χ2n) is 3.73. The fraction of sp³-hybridized carbons (Fsp3) is 0.455. The minimum atomic E-state index is 0.245. The number of hydrogen-bond donors (Lipinski definition) is 1. The van der Waals surface area contributed by atoms with Gasteiger partial charge in [0.25, 0.3) is 0 Å². The zero-order valence-corrected chi connectivity index (χ0v) is 9.38. The molecule has 1 atom stereocenters. The summed E-state index contributed by atoms with van der Waals surface area (Å²) >= 11 is 6.17. The van der Waals surface area contributed by atoms with Crippen molar-refractivity contribution in [3.8, 4) is 5.75 Å². The number of ether oxygens (including phenoxy) is 2. The van der Waals surface area contributed by atoms with E-state index in [4.69, 9.17) is 26.8 Å². The van der Waals surface area contributed by atoms with Crippen molar-refractivity contribution in [3.05, 3.63) is 28.3 Å². The zero-order valence-electron chi connectivity index (χ0n) is 8.63. The molecule has 3 nitrogen and oxygen atoms in total. The lowest BCUT2D eigenvalue weighted by Crippen LogP contribution is -2.14. The molecular formula is C11H14ClNO2. The summed E-state index contributed by atoms with van der Waals surface area (Å²) in [6, 6.07) is 3.87. The number of nitrogens with two attached hydrogens (primary N) is 1. The fourth-order valence-corrected chi connectivity index (χ4v) is 1.99. The highest BCUT2D eigenvalue weighted by Gasteiger charge is 2.16. The number of rotatable bonds is 2. The summed E-state index contributed by atoms with van der Waals surface area (Å²) in [5.74, 6) is 1.11. The largest absolute Gasteiger partial charge is 0.467 e. The lowest BCUT2D eigenvalue weighted by Gasteiger charge is -2.21. The summed E-state index contributed by atoms with van der Waals surface area (Å²) in [7, 11) is 0. The predicted octanol–water partition coefficient (Wildman–Crippen LogP) is 2.27. The molecule has 0 fully saturated rings. The van der Waals surface area contributed by atoms with Gasteiger partial charge in [0.2, 0.25) is 0 Å². The third kappa shape index (κ3) is 2.09. The first-order valence-corrected chi connectivity index (χ1v) is 5.33. The maximum absolute atomic E-state index is 6.17. The van der Waals surface area contributed by atoms with Crippen LogP contribution < -0.4 is 10.5 Å². The molecule has 0 saturated carbocycles. The second-order valence-corrected chi connectivity index (χ2v) is 4.14. The van der Waals surface area contributed by atoms with Crippen LogP contribution in [0.15, 0.2) is 12.1 Å². The Morgan fingerprint density at radius 2 is 2.33 bits per heavy atom. The summed E-state index contributed by atoms with van der Waals surface area (Å²) < 4.78 is 10.6. The highest BCUT2D eigenvalue weighted by Crippen LogP contribution is 2.33. The Hall–Kier alpha value is -0.770. The average molecular weight is 228 g/mol. The normalized spacial score (nSPS) is 16.7. The Balaban J connectivity index is 2.40. The number of hydrogen-bond acceptors (Lipinski definition) is 3. The van der Waals surface area contributed by atoms with Crippen LogP contribution in [-0.4, -0.2) is 13.3 Å². The quantitative estimate of drug-likeness (QED) is 0.843. The van der Waals surface area contributed by atoms with Crippen LogP contribution >= 0.6 is 11.6 Å². The molecule has 0 aromatic heterocycles. The molecule has 1 aliphatic heterocycles. The van der Waals surface area contributed by atoms with Gasteiger partial charge in [-0.3, -0.25) is 0 Å². The summed E-state index contributed by atoms with van der Waals surface area (Å²) in [6.07, 6.45) is 0. The maximum atomic E-state index is 6.17. The van der Waals surface area contributed by atoms with Crippen molar-refractivity contribution in [3.63, 3.8) is 0 Å². The molecule has 4 heteroatoms. The van der Waals surface area contributed by atoms with Gasteiger partial charge in [0.1, 0.15) is 5.75 Å². The van der Waals surface area contributed by atoms with Gasteiger partial charge in [-0.05, 0) is 30.2 Å². The van der Waals surface area contributed by atoms with Gasteiger partial charge < -0.3 is 15.2 Å². The van der Waals surface area contributed by atoms with Gasteiger partial charge in [0.05, 0.1) is 6.61 Å². The maximum Gasteiger partial charge on any atom is 0.189 e. The molecular weight excluding hydrogens is 214 g/mol. The van der Waals surface area contributed by atoms with Gasteiger partial charge in [0, 0.05) is 10.6 Å². The van der Waals surface area contributed by atoms with Crippen molar-refractivity contribution in [1.82, 2.24) is 0 Å². The number of benzene rings is 1. The Kier molecular flexibility index (Phi) is 3.14. The van der Waals surface area contributed by atoms with E-state index in [1.54, 1.807) is 0 Å². The van der Waals surface area contributed by atoms with E-state index >= 15 is 0 Å². The molecule has 0 aliphatic carbocycles. The molecule has 0 bridgehead atoms. The summed E-state index contributed by atoms with van der Waals surface area (Å²) in [6.45, 7) is 3.50. The van der Waals surface area contributed by atoms with E-state index in [1.807, 2.05) is 19.1 Å². The Morgan fingerprint density at radius 1 is 1.53 bits per heavy atom. The molecule has 1 heterocycles. The smallest absolute Gasteiger partial charge is 0.189 e. The molecule has 2 rings (SSSR count). The molecule has 2 N–H and O–H groups in total. The molecule has 0 amide bonds. The zero-order chi connectivity index (χ0) is 10.8.